The quantitative estimate of drug-likeness (QED) is 0.905. The summed E-state index contributed by atoms with van der Waals surface area (Å²) < 4.78 is 0. The number of hydrogen-bond acceptors (Lipinski definition) is 4. The van der Waals surface area contributed by atoms with Gasteiger partial charge in [0, 0.05) is 25.7 Å². The SMILES string of the molecule is CNCc1ccc(N2CC(C)C(N(C)C)C2)c(C#N)c1. The Hall–Kier alpha value is -1.57. The van der Waals surface area contributed by atoms with Gasteiger partial charge in [-0.2, -0.15) is 5.26 Å². The molecule has 1 aromatic rings. The molecule has 0 aliphatic carbocycles. The van der Waals surface area contributed by atoms with E-state index < -0.39 is 0 Å². The van der Waals surface area contributed by atoms with Crippen molar-refractivity contribution in [2.45, 2.75) is 19.5 Å². The molecule has 1 N–H and O–H groups in total. The standard InChI is InChI=1S/C16H24N4/c1-12-10-20(11-16(12)19(3)4)15-6-5-13(9-18-2)7-14(15)8-17/h5-7,12,16,18H,9-11H2,1-4H3. The fourth-order valence-electron chi connectivity index (χ4n) is 3.08. The van der Waals surface area contributed by atoms with Crippen LogP contribution in [0.25, 0.3) is 0 Å². The molecule has 20 heavy (non-hydrogen) atoms. The second-order valence-electron chi connectivity index (χ2n) is 5.91. The van der Waals surface area contributed by atoms with Gasteiger partial charge in [-0.1, -0.05) is 13.0 Å². The van der Waals surface area contributed by atoms with Crippen molar-refractivity contribution in [3.05, 3.63) is 29.3 Å². The summed E-state index contributed by atoms with van der Waals surface area (Å²) in [5, 5.41) is 12.5. The topological polar surface area (TPSA) is 42.3 Å². The summed E-state index contributed by atoms with van der Waals surface area (Å²) in [6.07, 6.45) is 0. The van der Waals surface area contributed by atoms with Crippen LogP contribution in [0.4, 0.5) is 5.69 Å². The van der Waals surface area contributed by atoms with Gasteiger partial charge >= 0.3 is 0 Å². The van der Waals surface area contributed by atoms with Crippen LogP contribution in [-0.4, -0.2) is 45.2 Å². The number of likely N-dealkylation sites (N-methyl/N-ethyl adjacent to an activating group) is 1. The molecule has 0 radical (unpaired) electrons. The van der Waals surface area contributed by atoms with E-state index in [2.05, 4.69) is 54.3 Å². The van der Waals surface area contributed by atoms with Crippen LogP contribution in [0, 0.1) is 17.2 Å². The summed E-state index contributed by atoms with van der Waals surface area (Å²) in [5.74, 6) is 0.619. The summed E-state index contributed by atoms with van der Waals surface area (Å²) in [6, 6.07) is 9.11. The van der Waals surface area contributed by atoms with Gasteiger partial charge in [0.2, 0.25) is 0 Å². The van der Waals surface area contributed by atoms with Gasteiger partial charge in [-0.3, -0.25) is 0 Å². The number of anilines is 1. The predicted octanol–water partition coefficient (Wildman–Crippen LogP) is 1.66. The van der Waals surface area contributed by atoms with E-state index in [9.17, 15) is 5.26 Å². The second kappa shape index (κ2) is 6.25. The Morgan fingerprint density at radius 3 is 2.70 bits per heavy atom. The molecular formula is C16H24N4. The van der Waals surface area contributed by atoms with Crippen molar-refractivity contribution in [1.82, 2.24) is 10.2 Å². The molecule has 1 aromatic carbocycles. The highest BCUT2D eigenvalue weighted by Crippen LogP contribution is 2.29. The minimum Gasteiger partial charge on any atom is -0.369 e. The Labute approximate surface area is 122 Å². The molecule has 108 valence electrons. The lowest BCUT2D eigenvalue weighted by molar-refractivity contribution is 0.266. The number of rotatable bonds is 4. The highest BCUT2D eigenvalue weighted by atomic mass is 15.2. The summed E-state index contributed by atoms with van der Waals surface area (Å²) >= 11 is 0. The van der Waals surface area contributed by atoms with E-state index in [4.69, 9.17) is 0 Å². The van der Waals surface area contributed by atoms with Crippen LogP contribution < -0.4 is 10.2 Å². The first kappa shape index (κ1) is 14.8. The average molecular weight is 272 g/mol. The zero-order valence-electron chi connectivity index (χ0n) is 12.8. The summed E-state index contributed by atoms with van der Waals surface area (Å²) in [7, 11) is 6.18. The van der Waals surface area contributed by atoms with E-state index in [0.29, 0.717) is 12.0 Å². The van der Waals surface area contributed by atoms with E-state index in [1.807, 2.05) is 13.1 Å². The molecule has 2 atom stereocenters. The Kier molecular flexibility index (Phi) is 4.64. The predicted molar refractivity (Wildman–Crippen MR) is 82.8 cm³/mol. The van der Waals surface area contributed by atoms with Crippen LogP contribution >= 0.6 is 0 Å². The smallest absolute Gasteiger partial charge is 0.101 e. The number of nitriles is 1. The van der Waals surface area contributed by atoms with E-state index in [1.165, 1.54) is 0 Å². The maximum Gasteiger partial charge on any atom is 0.101 e. The molecule has 1 aliphatic rings. The zero-order valence-corrected chi connectivity index (χ0v) is 12.8. The Morgan fingerprint density at radius 1 is 1.40 bits per heavy atom. The zero-order chi connectivity index (χ0) is 14.7. The fourth-order valence-corrected chi connectivity index (χ4v) is 3.08. The van der Waals surface area contributed by atoms with Crippen molar-refractivity contribution >= 4 is 5.69 Å². The maximum atomic E-state index is 9.40. The molecule has 0 saturated carbocycles. The first-order valence-corrected chi connectivity index (χ1v) is 7.15. The normalized spacial score (nSPS) is 22.3. The van der Waals surface area contributed by atoms with Crippen molar-refractivity contribution in [3.8, 4) is 6.07 Å². The van der Waals surface area contributed by atoms with Crippen LogP contribution in [0.1, 0.15) is 18.1 Å². The third-order valence-corrected chi connectivity index (χ3v) is 4.14. The van der Waals surface area contributed by atoms with Crippen molar-refractivity contribution in [2.75, 3.05) is 39.1 Å². The Morgan fingerprint density at radius 2 is 2.15 bits per heavy atom. The summed E-state index contributed by atoms with van der Waals surface area (Å²) in [4.78, 5) is 4.63. The third kappa shape index (κ3) is 2.95. The molecule has 1 fully saturated rings. The van der Waals surface area contributed by atoms with E-state index in [0.717, 1.165) is 36.4 Å². The minimum absolute atomic E-state index is 0.554. The number of nitrogens with zero attached hydrogens (tertiary/aromatic N) is 3. The second-order valence-corrected chi connectivity index (χ2v) is 5.91. The van der Waals surface area contributed by atoms with Gasteiger partial charge < -0.3 is 15.1 Å². The van der Waals surface area contributed by atoms with Gasteiger partial charge in [0.1, 0.15) is 6.07 Å². The van der Waals surface area contributed by atoms with Gasteiger partial charge in [-0.15, -0.1) is 0 Å². The van der Waals surface area contributed by atoms with Crippen molar-refractivity contribution in [3.63, 3.8) is 0 Å². The highest BCUT2D eigenvalue weighted by Gasteiger charge is 2.31. The molecule has 4 heteroatoms. The molecule has 1 aliphatic heterocycles. The highest BCUT2D eigenvalue weighted by molar-refractivity contribution is 5.61. The van der Waals surface area contributed by atoms with Gasteiger partial charge in [-0.25, -0.2) is 0 Å². The van der Waals surface area contributed by atoms with Crippen molar-refractivity contribution in [1.29, 1.82) is 5.26 Å². The van der Waals surface area contributed by atoms with Crippen LogP contribution in [0.15, 0.2) is 18.2 Å². The summed E-state index contributed by atoms with van der Waals surface area (Å²) in [6.45, 7) is 5.09. The van der Waals surface area contributed by atoms with Crippen LogP contribution in [0.2, 0.25) is 0 Å². The fraction of sp³-hybridized carbons (Fsp3) is 0.562. The van der Waals surface area contributed by atoms with Crippen LogP contribution in [0.3, 0.4) is 0 Å². The van der Waals surface area contributed by atoms with E-state index >= 15 is 0 Å². The molecule has 0 amide bonds. The largest absolute Gasteiger partial charge is 0.369 e. The lowest BCUT2D eigenvalue weighted by Gasteiger charge is -2.23. The molecule has 1 saturated heterocycles. The molecule has 0 aromatic heterocycles. The molecule has 0 bridgehead atoms. The Bertz CT molecular complexity index is 504. The molecule has 4 nitrogen and oxygen atoms in total. The first-order chi connectivity index (χ1) is 9.56. The molecule has 1 heterocycles. The average Bonchev–Trinajstić information content (AvgIpc) is 2.81. The molecule has 0 spiro atoms. The van der Waals surface area contributed by atoms with Crippen molar-refractivity contribution < 1.29 is 0 Å². The van der Waals surface area contributed by atoms with Gasteiger partial charge in [-0.05, 0) is 44.8 Å². The maximum absolute atomic E-state index is 9.40. The van der Waals surface area contributed by atoms with Crippen molar-refractivity contribution in [2.24, 2.45) is 5.92 Å². The molecular weight excluding hydrogens is 248 g/mol. The van der Waals surface area contributed by atoms with Crippen LogP contribution in [-0.2, 0) is 6.54 Å². The van der Waals surface area contributed by atoms with E-state index in [1.54, 1.807) is 0 Å². The number of nitrogens with one attached hydrogen (secondary N) is 1. The lowest BCUT2D eigenvalue weighted by atomic mass is 10.1. The molecule has 2 rings (SSSR count). The third-order valence-electron chi connectivity index (χ3n) is 4.14. The minimum atomic E-state index is 0.554. The van der Waals surface area contributed by atoms with Gasteiger partial charge in [0.25, 0.3) is 0 Å². The van der Waals surface area contributed by atoms with Crippen LogP contribution in [0.5, 0.6) is 0 Å². The first-order valence-electron chi connectivity index (χ1n) is 7.15. The van der Waals surface area contributed by atoms with Gasteiger partial charge in [0.05, 0.1) is 11.3 Å². The Balaban J connectivity index is 2.23. The number of hydrogen-bond donors (Lipinski definition) is 1. The number of benzene rings is 1. The molecule has 2 unspecified atom stereocenters. The monoisotopic (exact) mass is 272 g/mol. The van der Waals surface area contributed by atoms with E-state index in [-0.39, 0.29) is 0 Å². The van der Waals surface area contributed by atoms with Gasteiger partial charge in [0.15, 0.2) is 0 Å². The lowest BCUT2D eigenvalue weighted by Crippen LogP contribution is -2.34. The summed E-state index contributed by atoms with van der Waals surface area (Å²) in [5.41, 5.74) is 3.01.